The number of esters is 3. The Hall–Kier alpha value is -2.41. The summed E-state index contributed by atoms with van der Waals surface area (Å²) in [5, 5.41) is 0. The average molecular weight is 402 g/mol. The Kier molecular flexibility index (Phi) is 4.15. The van der Waals surface area contributed by atoms with E-state index in [9.17, 15) is 14.4 Å². The van der Waals surface area contributed by atoms with Crippen molar-refractivity contribution >= 4 is 17.9 Å². The van der Waals surface area contributed by atoms with Crippen LogP contribution in [0, 0.1) is 16.7 Å². The van der Waals surface area contributed by atoms with Gasteiger partial charge in [-0.1, -0.05) is 25.5 Å². The van der Waals surface area contributed by atoms with Crippen molar-refractivity contribution in [2.45, 2.75) is 66.0 Å². The van der Waals surface area contributed by atoms with E-state index >= 15 is 0 Å². The molecule has 156 valence electrons. The van der Waals surface area contributed by atoms with Gasteiger partial charge in [-0.3, -0.25) is 9.59 Å². The molecule has 0 aromatic carbocycles. The van der Waals surface area contributed by atoms with Crippen molar-refractivity contribution in [2.24, 2.45) is 16.7 Å². The molecule has 7 heteroatoms. The van der Waals surface area contributed by atoms with Gasteiger partial charge in [0.25, 0.3) is 0 Å². The number of hydrogen-bond donors (Lipinski definition) is 0. The highest BCUT2D eigenvalue weighted by molar-refractivity contribution is 5.90. The zero-order valence-electron chi connectivity index (χ0n) is 17.5. The quantitative estimate of drug-likeness (QED) is 0.310. The number of fused-ring (bicyclic) bond motifs is 3. The first-order valence-electron chi connectivity index (χ1n) is 9.84. The largest absolute Gasteiger partial charge is 0.457 e. The molecule has 2 aliphatic carbocycles. The van der Waals surface area contributed by atoms with Gasteiger partial charge in [-0.25, -0.2) is 4.79 Å². The Morgan fingerprint density at radius 2 is 1.97 bits per heavy atom. The van der Waals surface area contributed by atoms with E-state index in [2.05, 4.69) is 0 Å². The molecule has 7 nitrogen and oxygen atoms in total. The molecule has 0 radical (unpaired) electrons. The van der Waals surface area contributed by atoms with E-state index in [-0.39, 0.29) is 5.92 Å². The molecule has 4 aliphatic rings. The Balaban J connectivity index is 1.83. The molecule has 0 bridgehead atoms. The summed E-state index contributed by atoms with van der Waals surface area (Å²) >= 11 is 0. The molecule has 0 aromatic heterocycles. The highest BCUT2D eigenvalue weighted by atomic mass is 16.8. The lowest BCUT2D eigenvalue weighted by Crippen LogP contribution is -2.54. The normalized spacial score (nSPS) is 42.5. The molecular weight excluding hydrogens is 376 g/mol. The average Bonchev–Trinajstić information content (AvgIpc) is 3.15. The van der Waals surface area contributed by atoms with Gasteiger partial charge in [0.1, 0.15) is 17.3 Å². The summed E-state index contributed by atoms with van der Waals surface area (Å²) in [5.74, 6) is -1.02. The molecule has 29 heavy (non-hydrogen) atoms. The fourth-order valence-corrected chi connectivity index (χ4v) is 5.07. The molecule has 0 amide bonds. The summed E-state index contributed by atoms with van der Waals surface area (Å²) in [6, 6.07) is 0. The number of allylic oxidation sites excluding steroid dienone is 3. The van der Waals surface area contributed by atoms with Gasteiger partial charge < -0.3 is 18.9 Å². The molecule has 5 unspecified atom stereocenters. The first-order chi connectivity index (χ1) is 13.5. The standard InChI is InChI=1S/C22H26O7/c1-7-11(2)16(24)27-17-20(5)12(3)8-15(26-13(4)23)9-14(20)10-22(17)18(25)28-19-21(22,6)29-19/h7-9,12,17,19H,10H2,1-6H3/b11-7-/t12?,17-,19?,20?,21?,22?/m0/s1. The van der Waals surface area contributed by atoms with E-state index < -0.39 is 46.7 Å². The van der Waals surface area contributed by atoms with E-state index in [1.54, 1.807) is 26.0 Å². The van der Waals surface area contributed by atoms with Crippen molar-refractivity contribution in [1.82, 2.24) is 0 Å². The van der Waals surface area contributed by atoms with Crippen molar-refractivity contribution in [1.29, 1.82) is 0 Å². The summed E-state index contributed by atoms with van der Waals surface area (Å²) in [5.41, 5.74) is -1.33. The molecule has 0 N–H and O–H groups in total. The van der Waals surface area contributed by atoms with Crippen LogP contribution in [0.2, 0.25) is 0 Å². The van der Waals surface area contributed by atoms with Gasteiger partial charge in [-0.15, -0.1) is 0 Å². The number of ether oxygens (including phenoxy) is 4. The molecule has 1 spiro atoms. The van der Waals surface area contributed by atoms with Crippen LogP contribution in [0.25, 0.3) is 0 Å². The van der Waals surface area contributed by atoms with Crippen LogP contribution in [-0.2, 0) is 33.3 Å². The summed E-state index contributed by atoms with van der Waals surface area (Å²) in [6.07, 6.45) is 4.20. The van der Waals surface area contributed by atoms with Crippen LogP contribution >= 0.6 is 0 Å². The van der Waals surface area contributed by atoms with Crippen LogP contribution in [0.15, 0.2) is 35.1 Å². The third kappa shape index (κ3) is 2.43. The van der Waals surface area contributed by atoms with Crippen LogP contribution < -0.4 is 0 Å². The van der Waals surface area contributed by atoms with Gasteiger partial charge >= 0.3 is 17.9 Å². The zero-order valence-corrected chi connectivity index (χ0v) is 17.5. The lowest BCUT2D eigenvalue weighted by atomic mass is 9.65. The predicted molar refractivity (Wildman–Crippen MR) is 101 cm³/mol. The SMILES string of the molecule is C/C=C(/C)C(=O)O[C@H]1C2(C)C(=CC(OC(C)=O)=CC2C)CC12C(=O)OC1OC12C. The Bertz CT molecular complexity index is 912. The van der Waals surface area contributed by atoms with E-state index in [4.69, 9.17) is 18.9 Å². The van der Waals surface area contributed by atoms with E-state index in [0.29, 0.717) is 17.8 Å². The zero-order chi connectivity index (χ0) is 21.4. The number of epoxide rings is 1. The van der Waals surface area contributed by atoms with Crippen molar-refractivity contribution < 1.29 is 33.3 Å². The first-order valence-corrected chi connectivity index (χ1v) is 9.84. The highest BCUT2D eigenvalue weighted by Crippen LogP contribution is 2.71. The Morgan fingerprint density at radius 3 is 2.52 bits per heavy atom. The minimum absolute atomic E-state index is 0.158. The first kappa shape index (κ1) is 19.9. The van der Waals surface area contributed by atoms with Crippen LogP contribution in [-0.4, -0.2) is 35.9 Å². The van der Waals surface area contributed by atoms with Crippen molar-refractivity contribution in [3.63, 3.8) is 0 Å². The number of carbonyl (C=O) groups is 3. The molecule has 6 atom stereocenters. The van der Waals surface area contributed by atoms with Crippen LogP contribution in [0.1, 0.15) is 48.0 Å². The van der Waals surface area contributed by atoms with Gasteiger partial charge in [0.15, 0.2) is 5.60 Å². The maximum atomic E-state index is 13.1. The van der Waals surface area contributed by atoms with Crippen LogP contribution in [0.5, 0.6) is 0 Å². The van der Waals surface area contributed by atoms with Crippen LogP contribution in [0.3, 0.4) is 0 Å². The van der Waals surface area contributed by atoms with E-state index in [1.807, 2.05) is 26.8 Å². The maximum Gasteiger partial charge on any atom is 0.333 e. The second-order valence-electron chi connectivity index (χ2n) is 8.77. The van der Waals surface area contributed by atoms with Crippen molar-refractivity contribution in [3.8, 4) is 0 Å². The number of carbonyl (C=O) groups excluding carboxylic acids is 3. The van der Waals surface area contributed by atoms with Gasteiger partial charge in [0.2, 0.25) is 6.29 Å². The minimum atomic E-state index is -1.14. The Labute approximate surface area is 169 Å². The van der Waals surface area contributed by atoms with Crippen molar-refractivity contribution in [2.75, 3.05) is 0 Å². The fraction of sp³-hybridized carbons (Fsp3) is 0.591. The van der Waals surface area contributed by atoms with E-state index in [1.165, 1.54) is 6.92 Å². The molecule has 2 saturated heterocycles. The molecular formula is C22H26O7. The summed E-state index contributed by atoms with van der Waals surface area (Å²) in [4.78, 5) is 37.3. The van der Waals surface area contributed by atoms with Gasteiger partial charge in [0, 0.05) is 17.9 Å². The topological polar surface area (TPSA) is 91.4 Å². The highest BCUT2D eigenvalue weighted by Gasteiger charge is 2.85. The molecule has 3 fully saturated rings. The summed E-state index contributed by atoms with van der Waals surface area (Å²) < 4.78 is 22.5. The van der Waals surface area contributed by atoms with E-state index in [0.717, 1.165) is 5.57 Å². The maximum absolute atomic E-state index is 13.1. The monoisotopic (exact) mass is 402 g/mol. The molecule has 0 aromatic rings. The smallest absolute Gasteiger partial charge is 0.333 e. The van der Waals surface area contributed by atoms with Crippen LogP contribution in [0.4, 0.5) is 0 Å². The van der Waals surface area contributed by atoms with Gasteiger partial charge in [-0.2, -0.15) is 0 Å². The number of hydrogen-bond acceptors (Lipinski definition) is 7. The summed E-state index contributed by atoms with van der Waals surface area (Å²) in [7, 11) is 0. The fourth-order valence-electron chi connectivity index (χ4n) is 5.07. The second kappa shape index (κ2) is 6.05. The number of rotatable bonds is 3. The lowest BCUT2D eigenvalue weighted by Gasteiger charge is -2.42. The summed E-state index contributed by atoms with van der Waals surface area (Å²) in [6.45, 7) is 10.6. The molecule has 2 aliphatic heterocycles. The van der Waals surface area contributed by atoms with Crippen molar-refractivity contribution in [3.05, 3.63) is 35.1 Å². The molecule has 1 saturated carbocycles. The van der Waals surface area contributed by atoms with Gasteiger partial charge in [-0.05, 0) is 45.3 Å². The lowest BCUT2D eigenvalue weighted by molar-refractivity contribution is -0.181. The molecule has 4 rings (SSSR count). The second-order valence-corrected chi connectivity index (χ2v) is 8.77. The van der Waals surface area contributed by atoms with Gasteiger partial charge in [0.05, 0.1) is 0 Å². The third-order valence-electron chi connectivity index (χ3n) is 7.28. The molecule has 2 heterocycles. The predicted octanol–water partition coefficient (Wildman–Crippen LogP) is 2.96. The Morgan fingerprint density at radius 1 is 1.28 bits per heavy atom. The minimum Gasteiger partial charge on any atom is -0.457 e. The third-order valence-corrected chi connectivity index (χ3v) is 7.28.